The van der Waals surface area contributed by atoms with E-state index in [0.717, 1.165) is 38.0 Å². The number of hydrogen-bond donors (Lipinski definition) is 2. The highest BCUT2D eigenvalue weighted by Crippen LogP contribution is 2.33. The molecule has 0 heterocycles. The van der Waals surface area contributed by atoms with E-state index in [9.17, 15) is 5.11 Å². The Morgan fingerprint density at radius 1 is 1.24 bits per heavy atom. The van der Waals surface area contributed by atoms with E-state index in [4.69, 9.17) is 9.47 Å². The lowest BCUT2D eigenvalue weighted by atomic mass is 10.0. The number of hydrogen-bond acceptors (Lipinski definition) is 4. The Morgan fingerprint density at radius 2 is 2.00 bits per heavy atom. The molecule has 2 N–H and O–H groups in total. The molecule has 0 saturated heterocycles. The van der Waals surface area contributed by atoms with Crippen molar-refractivity contribution in [2.45, 2.75) is 56.7 Å². The molecule has 116 valence electrons. The summed E-state index contributed by atoms with van der Waals surface area (Å²) in [6, 6.07) is 6.72. The van der Waals surface area contributed by atoms with Gasteiger partial charge in [-0.25, -0.2) is 0 Å². The molecular formula is C17H25NO3. The van der Waals surface area contributed by atoms with Crippen LogP contribution in [0.25, 0.3) is 0 Å². The summed E-state index contributed by atoms with van der Waals surface area (Å²) in [5.74, 6) is 1.46. The second kappa shape index (κ2) is 6.24. The number of ether oxygens (including phenoxy) is 2. The van der Waals surface area contributed by atoms with Gasteiger partial charge >= 0.3 is 0 Å². The monoisotopic (exact) mass is 291 g/mol. The van der Waals surface area contributed by atoms with Gasteiger partial charge in [-0.15, -0.1) is 0 Å². The van der Waals surface area contributed by atoms with E-state index in [1.807, 2.05) is 12.1 Å². The van der Waals surface area contributed by atoms with Crippen LogP contribution in [-0.4, -0.2) is 30.5 Å². The third-order valence-corrected chi connectivity index (χ3v) is 4.43. The second-order valence-electron chi connectivity index (χ2n) is 6.36. The molecule has 2 aliphatic rings. The van der Waals surface area contributed by atoms with Crippen LogP contribution in [0.5, 0.6) is 11.5 Å². The number of benzene rings is 1. The van der Waals surface area contributed by atoms with Crippen LogP contribution in [0.1, 0.15) is 44.1 Å². The molecule has 0 aromatic heterocycles. The first-order valence-electron chi connectivity index (χ1n) is 7.94. The Morgan fingerprint density at radius 3 is 2.67 bits per heavy atom. The van der Waals surface area contributed by atoms with Crippen molar-refractivity contribution < 1.29 is 14.6 Å². The van der Waals surface area contributed by atoms with Gasteiger partial charge in [0.2, 0.25) is 0 Å². The van der Waals surface area contributed by atoms with Gasteiger partial charge in [0, 0.05) is 12.6 Å². The minimum absolute atomic E-state index is 0.350. The number of nitrogens with one attached hydrogen (secondary N) is 1. The van der Waals surface area contributed by atoms with Gasteiger partial charge in [0.15, 0.2) is 11.5 Å². The fourth-order valence-corrected chi connectivity index (χ4v) is 2.88. The molecule has 0 atom stereocenters. The third kappa shape index (κ3) is 3.89. The molecule has 2 aliphatic carbocycles. The molecule has 1 aromatic carbocycles. The van der Waals surface area contributed by atoms with E-state index < -0.39 is 5.60 Å². The van der Waals surface area contributed by atoms with Gasteiger partial charge < -0.3 is 19.9 Å². The van der Waals surface area contributed by atoms with Gasteiger partial charge in [-0.3, -0.25) is 0 Å². The molecule has 1 aromatic rings. The first kappa shape index (κ1) is 14.7. The lowest BCUT2D eigenvalue weighted by Gasteiger charge is -2.23. The fraction of sp³-hybridized carbons (Fsp3) is 0.647. The average molecular weight is 291 g/mol. The minimum atomic E-state index is -0.656. The molecule has 0 aliphatic heterocycles. The van der Waals surface area contributed by atoms with Crippen LogP contribution < -0.4 is 14.8 Å². The van der Waals surface area contributed by atoms with Crippen molar-refractivity contribution in [1.29, 1.82) is 0 Å². The number of rotatable bonds is 7. The highest BCUT2D eigenvalue weighted by atomic mass is 16.5. The van der Waals surface area contributed by atoms with Crippen LogP contribution in [0, 0.1) is 0 Å². The van der Waals surface area contributed by atoms with Gasteiger partial charge in [-0.1, -0.05) is 18.9 Å². The smallest absolute Gasteiger partial charge is 0.161 e. The highest BCUT2D eigenvalue weighted by Gasteiger charge is 2.32. The van der Waals surface area contributed by atoms with Gasteiger partial charge in [-0.05, 0) is 43.4 Å². The predicted octanol–water partition coefficient (Wildman–Crippen LogP) is 2.63. The van der Waals surface area contributed by atoms with Crippen molar-refractivity contribution in [3.8, 4) is 11.5 Å². The van der Waals surface area contributed by atoms with Crippen LogP contribution in [-0.2, 0) is 6.54 Å². The van der Waals surface area contributed by atoms with Crippen molar-refractivity contribution in [1.82, 2.24) is 5.32 Å². The zero-order chi connectivity index (χ0) is 14.7. The zero-order valence-electron chi connectivity index (χ0n) is 12.7. The largest absolute Gasteiger partial charge is 0.493 e. The van der Waals surface area contributed by atoms with Crippen molar-refractivity contribution >= 4 is 0 Å². The molecule has 0 unspecified atom stereocenters. The van der Waals surface area contributed by atoms with E-state index >= 15 is 0 Å². The van der Waals surface area contributed by atoms with Gasteiger partial charge in [0.05, 0.1) is 12.7 Å². The summed E-state index contributed by atoms with van der Waals surface area (Å²) in [5.41, 5.74) is 0.544. The lowest BCUT2D eigenvalue weighted by Crippen LogP contribution is -2.32. The third-order valence-electron chi connectivity index (χ3n) is 4.43. The normalized spacial score (nSPS) is 20.5. The Bertz CT molecular complexity index is 479. The zero-order valence-corrected chi connectivity index (χ0v) is 12.7. The van der Waals surface area contributed by atoms with Crippen LogP contribution in [0.4, 0.5) is 0 Å². The standard InChI is InChI=1S/C17H25NO3/c1-20-16-10-13(11-18-14-5-6-14)4-7-15(16)21-12-17(19)8-2-3-9-17/h4,7,10,14,18-19H,2-3,5-6,8-9,11-12H2,1H3. The molecule has 21 heavy (non-hydrogen) atoms. The molecule has 0 amide bonds. The summed E-state index contributed by atoms with van der Waals surface area (Å²) in [6.07, 6.45) is 6.41. The molecule has 0 spiro atoms. The topological polar surface area (TPSA) is 50.7 Å². The maximum Gasteiger partial charge on any atom is 0.161 e. The fourth-order valence-electron chi connectivity index (χ4n) is 2.88. The molecule has 2 saturated carbocycles. The summed E-state index contributed by atoms with van der Waals surface area (Å²) in [6.45, 7) is 1.22. The quantitative estimate of drug-likeness (QED) is 0.811. The summed E-state index contributed by atoms with van der Waals surface area (Å²) in [5, 5.41) is 13.8. The molecule has 3 rings (SSSR count). The van der Waals surface area contributed by atoms with Crippen LogP contribution >= 0.6 is 0 Å². The summed E-state index contributed by atoms with van der Waals surface area (Å²) in [4.78, 5) is 0. The molecule has 0 bridgehead atoms. The minimum Gasteiger partial charge on any atom is -0.493 e. The van der Waals surface area contributed by atoms with Crippen LogP contribution in [0.3, 0.4) is 0 Å². The maximum atomic E-state index is 10.3. The number of aliphatic hydroxyl groups is 1. The van der Waals surface area contributed by atoms with E-state index in [0.29, 0.717) is 18.4 Å². The first-order valence-corrected chi connectivity index (χ1v) is 7.94. The van der Waals surface area contributed by atoms with Crippen molar-refractivity contribution in [3.05, 3.63) is 23.8 Å². The summed E-state index contributed by atoms with van der Waals surface area (Å²) >= 11 is 0. The predicted molar refractivity (Wildman–Crippen MR) is 81.8 cm³/mol. The van der Waals surface area contributed by atoms with Crippen molar-refractivity contribution in [2.24, 2.45) is 0 Å². The Balaban J connectivity index is 1.60. The van der Waals surface area contributed by atoms with E-state index in [1.54, 1.807) is 7.11 Å². The van der Waals surface area contributed by atoms with E-state index in [2.05, 4.69) is 11.4 Å². The van der Waals surface area contributed by atoms with Crippen molar-refractivity contribution in [3.63, 3.8) is 0 Å². The molecule has 4 heteroatoms. The Kier molecular flexibility index (Phi) is 4.36. The SMILES string of the molecule is COc1cc(CNC2CC2)ccc1OCC1(O)CCCC1. The maximum absolute atomic E-state index is 10.3. The van der Waals surface area contributed by atoms with E-state index in [-0.39, 0.29) is 0 Å². The number of methoxy groups -OCH3 is 1. The average Bonchev–Trinajstić information content (AvgIpc) is 3.24. The van der Waals surface area contributed by atoms with Crippen LogP contribution in [0.15, 0.2) is 18.2 Å². The van der Waals surface area contributed by atoms with Gasteiger partial charge in [0.25, 0.3) is 0 Å². The first-order chi connectivity index (χ1) is 10.2. The van der Waals surface area contributed by atoms with Crippen molar-refractivity contribution in [2.75, 3.05) is 13.7 Å². The Labute approximate surface area is 126 Å². The molecule has 4 nitrogen and oxygen atoms in total. The highest BCUT2D eigenvalue weighted by molar-refractivity contribution is 5.43. The van der Waals surface area contributed by atoms with E-state index in [1.165, 1.54) is 18.4 Å². The summed E-state index contributed by atoms with van der Waals surface area (Å²) in [7, 11) is 1.66. The van der Waals surface area contributed by atoms with Gasteiger partial charge in [0.1, 0.15) is 6.61 Å². The van der Waals surface area contributed by atoms with Crippen LogP contribution in [0.2, 0.25) is 0 Å². The molecule has 0 radical (unpaired) electrons. The Hall–Kier alpha value is -1.26. The summed E-state index contributed by atoms with van der Waals surface area (Å²) < 4.78 is 11.2. The second-order valence-corrected chi connectivity index (χ2v) is 6.36. The molecule has 2 fully saturated rings. The van der Waals surface area contributed by atoms with Gasteiger partial charge in [-0.2, -0.15) is 0 Å². The molecular weight excluding hydrogens is 266 g/mol. The lowest BCUT2D eigenvalue weighted by molar-refractivity contribution is 0.000729.